The second-order valence-electron chi connectivity index (χ2n) is 6.02. The summed E-state index contributed by atoms with van der Waals surface area (Å²) >= 11 is 0. The molecular weight excluding hydrogens is 368 g/mol. The zero-order valence-electron chi connectivity index (χ0n) is 14.3. The molecule has 0 spiro atoms. The molecule has 1 aromatic heterocycles. The standard InChI is InChI=1S/C18H16F4N2O3/c1-26-17(25)11-8-15(19)16(23-9-11)24-7-6-14(10-24)27-13-4-2-12(3-5-13)18(20,21)22/h2-5,8-9,14H,6-7,10H2,1H3/t14-/m0/s1. The fourth-order valence-corrected chi connectivity index (χ4v) is 2.82. The van der Waals surface area contributed by atoms with E-state index in [0.717, 1.165) is 18.2 Å². The number of anilines is 1. The van der Waals surface area contributed by atoms with Crippen molar-refractivity contribution in [3.8, 4) is 5.75 Å². The number of esters is 1. The fraction of sp³-hybridized carbons (Fsp3) is 0.333. The number of hydrogen-bond donors (Lipinski definition) is 0. The monoisotopic (exact) mass is 384 g/mol. The Labute approximate surface area is 152 Å². The molecule has 0 N–H and O–H groups in total. The van der Waals surface area contributed by atoms with Crippen LogP contribution in [0, 0.1) is 5.82 Å². The molecule has 0 radical (unpaired) electrons. The van der Waals surface area contributed by atoms with E-state index in [0.29, 0.717) is 25.3 Å². The lowest BCUT2D eigenvalue weighted by molar-refractivity contribution is -0.137. The topological polar surface area (TPSA) is 51.7 Å². The second kappa shape index (κ2) is 7.42. The maximum Gasteiger partial charge on any atom is 0.416 e. The number of carbonyl (C=O) groups is 1. The average molecular weight is 384 g/mol. The van der Waals surface area contributed by atoms with E-state index < -0.39 is 23.5 Å². The summed E-state index contributed by atoms with van der Waals surface area (Å²) in [5.41, 5.74) is -0.740. The van der Waals surface area contributed by atoms with E-state index in [4.69, 9.17) is 4.74 Å². The van der Waals surface area contributed by atoms with Gasteiger partial charge in [-0.1, -0.05) is 0 Å². The molecule has 0 amide bonds. The number of hydrogen-bond acceptors (Lipinski definition) is 5. The normalized spacial score (nSPS) is 17.1. The Bertz CT molecular complexity index is 824. The molecular formula is C18H16F4N2O3. The molecule has 1 aromatic carbocycles. The van der Waals surface area contributed by atoms with Crippen LogP contribution in [0.5, 0.6) is 5.75 Å². The van der Waals surface area contributed by atoms with Crippen LogP contribution in [0.1, 0.15) is 22.3 Å². The molecule has 1 atom stereocenters. The van der Waals surface area contributed by atoms with Crippen molar-refractivity contribution in [2.75, 3.05) is 25.1 Å². The van der Waals surface area contributed by atoms with Crippen LogP contribution >= 0.6 is 0 Å². The van der Waals surface area contributed by atoms with Gasteiger partial charge in [-0.2, -0.15) is 13.2 Å². The van der Waals surface area contributed by atoms with Gasteiger partial charge in [0.1, 0.15) is 11.9 Å². The van der Waals surface area contributed by atoms with Crippen LogP contribution in [0.25, 0.3) is 0 Å². The Morgan fingerprint density at radius 3 is 2.56 bits per heavy atom. The summed E-state index contributed by atoms with van der Waals surface area (Å²) in [5.74, 6) is -0.948. The van der Waals surface area contributed by atoms with E-state index in [1.165, 1.54) is 25.4 Å². The van der Waals surface area contributed by atoms with Gasteiger partial charge in [0.05, 0.1) is 24.8 Å². The van der Waals surface area contributed by atoms with Crippen molar-refractivity contribution in [3.05, 3.63) is 53.5 Å². The van der Waals surface area contributed by atoms with Crippen molar-refractivity contribution < 1.29 is 31.8 Å². The van der Waals surface area contributed by atoms with Crippen LogP contribution < -0.4 is 9.64 Å². The summed E-state index contributed by atoms with van der Waals surface area (Å²) in [4.78, 5) is 17.0. The highest BCUT2D eigenvalue weighted by atomic mass is 19.4. The van der Waals surface area contributed by atoms with Crippen LogP contribution in [-0.4, -0.2) is 37.3 Å². The first-order chi connectivity index (χ1) is 12.8. The Kier molecular flexibility index (Phi) is 5.20. The molecule has 5 nitrogen and oxygen atoms in total. The van der Waals surface area contributed by atoms with Gasteiger partial charge in [-0.15, -0.1) is 0 Å². The molecule has 1 aliphatic rings. The Hall–Kier alpha value is -2.84. The SMILES string of the molecule is COC(=O)c1cnc(N2CC[C@H](Oc3ccc(C(F)(F)F)cc3)C2)c(F)c1. The fourth-order valence-electron chi connectivity index (χ4n) is 2.82. The lowest BCUT2D eigenvalue weighted by Gasteiger charge is -2.19. The van der Waals surface area contributed by atoms with E-state index >= 15 is 0 Å². The number of halogens is 4. The van der Waals surface area contributed by atoms with E-state index in [1.54, 1.807) is 4.90 Å². The summed E-state index contributed by atoms with van der Waals surface area (Å²) in [7, 11) is 1.19. The number of benzene rings is 1. The van der Waals surface area contributed by atoms with E-state index in [1.807, 2.05) is 0 Å². The zero-order valence-corrected chi connectivity index (χ0v) is 14.3. The summed E-state index contributed by atoms with van der Waals surface area (Å²) in [6.07, 6.45) is -2.93. The third kappa shape index (κ3) is 4.29. The third-order valence-electron chi connectivity index (χ3n) is 4.17. The van der Waals surface area contributed by atoms with Crippen molar-refractivity contribution in [3.63, 3.8) is 0 Å². The van der Waals surface area contributed by atoms with Gasteiger partial charge in [0.25, 0.3) is 0 Å². The van der Waals surface area contributed by atoms with Gasteiger partial charge in [-0.05, 0) is 30.3 Å². The minimum Gasteiger partial charge on any atom is -0.489 e. The number of rotatable bonds is 4. The number of methoxy groups -OCH3 is 1. The van der Waals surface area contributed by atoms with Crippen LogP contribution in [-0.2, 0) is 10.9 Å². The molecule has 3 rings (SSSR count). The average Bonchev–Trinajstić information content (AvgIpc) is 3.08. The molecule has 1 aliphatic heterocycles. The molecule has 0 aliphatic carbocycles. The molecule has 1 saturated heterocycles. The Morgan fingerprint density at radius 2 is 1.96 bits per heavy atom. The molecule has 0 bridgehead atoms. The highest BCUT2D eigenvalue weighted by molar-refractivity contribution is 5.89. The summed E-state index contributed by atoms with van der Waals surface area (Å²) in [6.45, 7) is 0.787. The molecule has 9 heteroatoms. The summed E-state index contributed by atoms with van der Waals surface area (Å²) in [5, 5.41) is 0. The minimum atomic E-state index is -4.40. The lowest BCUT2D eigenvalue weighted by atomic mass is 10.2. The van der Waals surface area contributed by atoms with Crippen molar-refractivity contribution in [2.45, 2.75) is 18.7 Å². The molecule has 1 fully saturated rings. The van der Waals surface area contributed by atoms with E-state index in [9.17, 15) is 22.4 Å². The van der Waals surface area contributed by atoms with Crippen LogP contribution in [0.15, 0.2) is 36.5 Å². The number of alkyl halides is 3. The molecule has 2 heterocycles. The largest absolute Gasteiger partial charge is 0.489 e. The molecule has 27 heavy (non-hydrogen) atoms. The first-order valence-electron chi connectivity index (χ1n) is 8.10. The zero-order chi connectivity index (χ0) is 19.6. The smallest absolute Gasteiger partial charge is 0.416 e. The Balaban J connectivity index is 1.64. The number of nitrogens with zero attached hydrogens (tertiary/aromatic N) is 2. The van der Waals surface area contributed by atoms with Gasteiger partial charge in [0.2, 0.25) is 0 Å². The number of pyridine rings is 1. The van der Waals surface area contributed by atoms with Gasteiger partial charge < -0.3 is 14.4 Å². The first kappa shape index (κ1) is 18.9. The number of ether oxygens (including phenoxy) is 2. The molecule has 0 unspecified atom stereocenters. The lowest BCUT2D eigenvalue weighted by Crippen LogP contribution is -2.26. The quantitative estimate of drug-likeness (QED) is 0.595. The van der Waals surface area contributed by atoms with Gasteiger partial charge >= 0.3 is 12.1 Å². The van der Waals surface area contributed by atoms with Gasteiger partial charge in [-0.25, -0.2) is 14.2 Å². The van der Waals surface area contributed by atoms with Crippen LogP contribution in [0.3, 0.4) is 0 Å². The number of carbonyl (C=O) groups excluding carboxylic acids is 1. The van der Waals surface area contributed by atoms with E-state index in [2.05, 4.69) is 9.72 Å². The van der Waals surface area contributed by atoms with Crippen LogP contribution in [0.4, 0.5) is 23.4 Å². The van der Waals surface area contributed by atoms with Gasteiger partial charge in [0.15, 0.2) is 11.6 Å². The molecule has 0 saturated carbocycles. The predicted molar refractivity (Wildman–Crippen MR) is 88.2 cm³/mol. The maximum atomic E-state index is 14.2. The van der Waals surface area contributed by atoms with Crippen molar-refractivity contribution in [2.24, 2.45) is 0 Å². The highest BCUT2D eigenvalue weighted by Crippen LogP contribution is 2.31. The Morgan fingerprint density at radius 1 is 1.26 bits per heavy atom. The first-order valence-corrected chi connectivity index (χ1v) is 8.10. The molecule has 2 aromatic rings. The number of aromatic nitrogens is 1. The van der Waals surface area contributed by atoms with Gasteiger partial charge in [0, 0.05) is 19.2 Å². The summed E-state index contributed by atoms with van der Waals surface area (Å²) < 4.78 is 62.2. The van der Waals surface area contributed by atoms with Crippen molar-refractivity contribution in [1.29, 1.82) is 0 Å². The van der Waals surface area contributed by atoms with Crippen molar-refractivity contribution in [1.82, 2.24) is 4.98 Å². The highest BCUT2D eigenvalue weighted by Gasteiger charge is 2.31. The van der Waals surface area contributed by atoms with Gasteiger partial charge in [-0.3, -0.25) is 0 Å². The third-order valence-corrected chi connectivity index (χ3v) is 4.17. The predicted octanol–water partition coefficient (Wildman–Crippen LogP) is 3.68. The molecule has 144 valence electrons. The summed E-state index contributed by atoms with van der Waals surface area (Å²) in [6, 6.07) is 5.48. The maximum absolute atomic E-state index is 14.2. The van der Waals surface area contributed by atoms with E-state index in [-0.39, 0.29) is 17.5 Å². The second-order valence-corrected chi connectivity index (χ2v) is 6.02. The minimum absolute atomic E-state index is 0.00972. The van der Waals surface area contributed by atoms with Crippen molar-refractivity contribution >= 4 is 11.8 Å². The van der Waals surface area contributed by atoms with Crippen LogP contribution in [0.2, 0.25) is 0 Å².